The normalized spacial score (nSPS) is 25.6. The van der Waals surface area contributed by atoms with Gasteiger partial charge in [0.15, 0.2) is 0 Å². The fraction of sp³-hybridized carbons (Fsp3) is 0.533. The minimum absolute atomic E-state index is 0.0677. The Hall–Kier alpha value is -1.20. The Balaban J connectivity index is 1.85. The van der Waals surface area contributed by atoms with Gasteiger partial charge in [-0.15, -0.1) is 0 Å². The van der Waals surface area contributed by atoms with Crippen LogP contribution in [0, 0.1) is 11.6 Å². The molecule has 2 aliphatic rings. The number of benzene rings is 1. The first-order chi connectivity index (χ1) is 10.1. The first kappa shape index (κ1) is 14.7. The van der Waals surface area contributed by atoms with Crippen LogP contribution in [0.2, 0.25) is 5.02 Å². The lowest BCUT2D eigenvalue weighted by molar-refractivity contribution is 0.0706. The van der Waals surface area contributed by atoms with Crippen molar-refractivity contribution in [2.45, 2.75) is 37.8 Å². The van der Waals surface area contributed by atoms with Gasteiger partial charge in [-0.3, -0.25) is 4.79 Å². The molecule has 0 radical (unpaired) electrons. The molecule has 6 heteroatoms. The number of hydrogen-bond donors (Lipinski definition) is 1. The lowest BCUT2D eigenvalue weighted by atomic mass is 10.0. The van der Waals surface area contributed by atoms with Gasteiger partial charge in [-0.05, 0) is 44.4 Å². The Morgan fingerprint density at radius 1 is 1.24 bits per heavy atom. The van der Waals surface area contributed by atoms with Gasteiger partial charge in [0.2, 0.25) is 0 Å². The van der Waals surface area contributed by atoms with Crippen LogP contribution in [0.15, 0.2) is 12.1 Å². The van der Waals surface area contributed by atoms with Gasteiger partial charge in [0.1, 0.15) is 11.6 Å². The number of halogens is 3. The molecule has 1 aromatic rings. The highest BCUT2D eigenvalue weighted by Gasteiger charge is 2.37. The second-order valence-electron chi connectivity index (χ2n) is 5.66. The monoisotopic (exact) mass is 314 g/mol. The van der Waals surface area contributed by atoms with E-state index in [9.17, 15) is 13.6 Å². The number of rotatable bonds is 2. The number of carbonyl (C=O) groups is 1. The van der Waals surface area contributed by atoms with Crippen molar-refractivity contribution in [1.82, 2.24) is 10.2 Å². The molecule has 114 valence electrons. The molecule has 1 amide bonds. The minimum atomic E-state index is -0.767. The van der Waals surface area contributed by atoms with Crippen molar-refractivity contribution in [3.63, 3.8) is 0 Å². The van der Waals surface area contributed by atoms with Crippen molar-refractivity contribution in [3.05, 3.63) is 34.4 Å². The van der Waals surface area contributed by atoms with Crippen LogP contribution in [-0.2, 0) is 0 Å². The van der Waals surface area contributed by atoms with E-state index in [4.69, 9.17) is 11.6 Å². The fourth-order valence-electron chi connectivity index (χ4n) is 3.34. The molecule has 2 atom stereocenters. The highest BCUT2D eigenvalue weighted by molar-refractivity contribution is 6.30. The van der Waals surface area contributed by atoms with E-state index in [0.29, 0.717) is 6.54 Å². The lowest BCUT2D eigenvalue weighted by Crippen LogP contribution is -2.46. The molecule has 0 saturated carbocycles. The van der Waals surface area contributed by atoms with Crippen LogP contribution in [0.4, 0.5) is 8.78 Å². The summed E-state index contributed by atoms with van der Waals surface area (Å²) in [5.41, 5.74) is -0.234. The van der Waals surface area contributed by atoms with E-state index >= 15 is 0 Å². The van der Waals surface area contributed by atoms with Gasteiger partial charge < -0.3 is 10.2 Å². The number of carbonyl (C=O) groups excluding carboxylic acids is 1. The molecule has 2 saturated heterocycles. The molecule has 2 heterocycles. The maximum absolute atomic E-state index is 13.9. The van der Waals surface area contributed by atoms with Crippen molar-refractivity contribution < 1.29 is 13.6 Å². The zero-order chi connectivity index (χ0) is 15.0. The van der Waals surface area contributed by atoms with Gasteiger partial charge in [-0.1, -0.05) is 11.6 Å². The van der Waals surface area contributed by atoms with E-state index in [-0.39, 0.29) is 22.7 Å². The topological polar surface area (TPSA) is 32.3 Å². The van der Waals surface area contributed by atoms with Crippen LogP contribution >= 0.6 is 11.6 Å². The second kappa shape index (κ2) is 5.89. The van der Waals surface area contributed by atoms with Gasteiger partial charge in [-0.2, -0.15) is 0 Å². The van der Waals surface area contributed by atoms with Crippen molar-refractivity contribution in [2.75, 3.05) is 13.1 Å². The third-order valence-corrected chi connectivity index (χ3v) is 4.65. The smallest absolute Gasteiger partial charge is 0.257 e. The number of amides is 1. The van der Waals surface area contributed by atoms with E-state index in [0.717, 1.165) is 44.4 Å². The quantitative estimate of drug-likeness (QED) is 0.851. The molecule has 2 aliphatic heterocycles. The van der Waals surface area contributed by atoms with Crippen LogP contribution in [-0.4, -0.2) is 36.0 Å². The summed E-state index contributed by atoms with van der Waals surface area (Å²) in [6.07, 6.45) is 3.91. The van der Waals surface area contributed by atoms with Crippen molar-refractivity contribution in [1.29, 1.82) is 0 Å². The summed E-state index contributed by atoms with van der Waals surface area (Å²) in [4.78, 5) is 14.2. The third-order valence-electron chi connectivity index (χ3n) is 4.36. The molecule has 1 N–H and O–H groups in total. The fourth-order valence-corrected chi connectivity index (χ4v) is 3.49. The van der Waals surface area contributed by atoms with Crippen molar-refractivity contribution in [2.24, 2.45) is 0 Å². The molecule has 0 aliphatic carbocycles. The van der Waals surface area contributed by atoms with E-state index in [1.165, 1.54) is 0 Å². The molecule has 0 bridgehead atoms. The Morgan fingerprint density at radius 3 is 2.76 bits per heavy atom. The predicted molar refractivity (Wildman–Crippen MR) is 76.5 cm³/mol. The maximum Gasteiger partial charge on any atom is 0.257 e. The van der Waals surface area contributed by atoms with E-state index in [1.54, 1.807) is 4.90 Å². The molecule has 1 aromatic carbocycles. The summed E-state index contributed by atoms with van der Waals surface area (Å²) >= 11 is 5.53. The second-order valence-corrected chi connectivity index (χ2v) is 6.06. The summed E-state index contributed by atoms with van der Waals surface area (Å²) in [7, 11) is 0. The SMILES string of the molecule is O=C(c1cc(F)c(Cl)cc1F)N1CCCC1C1CCCN1. The first-order valence-electron chi connectivity index (χ1n) is 7.27. The number of likely N-dealkylation sites (tertiary alicyclic amines) is 1. The van der Waals surface area contributed by atoms with E-state index in [1.807, 2.05) is 0 Å². The summed E-state index contributed by atoms with van der Waals surface area (Å²) in [6, 6.07) is 2.09. The summed E-state index contributed by atoms with van der Waals surface area (Å²) in [6.45, 7) is 1.54. The van der Waals surface area contributed by atoms with E-state index in [2.05, 4.69) is 5.32 Å². The van der Waals surface area contributed by atoms with E-state index < -0.39 is 17.5 Å². The molecule has 3 rings (SSSR count). The van der Waals surface area contributed by atoms with Gasteiger partial charge in [-0.25, -0.2) is 8.78 Å². The Bertz CT molecular complexity index is 561. The van der Waals surface area contributed by atoms with Gasteiger partial charge in [0, 0.05) is 18.6 Å². The first-order valence-corrected chi connectivity index (χ1v) is 7.64. The average molecular weight is 315 g/mol. The maximum atomic E-state index is 13.9. The zero-order valence-electron chi connectivity index (χ0n) is 11.5. The summed E-state index contributed by atoms with van der Waals surface area (Å²) in [5.74, 6) is -1.98. The average Bonchev–Trinajstić information content (AvgIpc) is 3.11. The van der Waals surface area contributed by atoms with Crippen LogP contribution in [0.1, 0.15) is 36.0 Å². The Labute approximate surface area is 127 Å². The van der Waals surface area contributed by atoms with Gasteiger partial charge in [0.05, 0.1) is 10.6 Å². The molecule has 21 heavy (non-hydrogen) atoms. The Morgan fingerprint density at radius 2 is 2.05 bits per heavy atom. The van der Waals surface area contributed by atoms with Crippen LogP contribution < -0.4 is 5.32 Å². The minimum Gasteiger partial charge on any atom is -0.334 e. The van der Waals surface area contributed by atoms with Gasteiger partial charge in [0.25, 0.3) is 5.91 Å². The van der Waals surface area contributed by atoms with Crippen LogP contribution in [0.5, 0.6) is 0 Å². The van der Waals surface area contributed by atoms with Crippen LogP contribution in [0.3, 0.4) is 0 Å². The predicted octanol–water partition coefficient (Wildman–Crippen LogP) is 2.97. The molecule has 0 spiro atoms. The summed E-state index contributed by atoms with van der Waals surface area (Å²) in [5, 5.41) is 3.08. The molecule has 0 aromatic heterocycles. The highest BCUT2D eigenvalue weighted by atomic mass is 35.5. The third kappa shape index (κ3) is 2.77. The lowest BCUT2D eigenvalue weighted by Gasteiger charge is -2.29. The molecule has 2 fully saturated rings. The molecule has 3 nitrogen and oxygen atoms in total. The number of hydrogen-bond acceptors (Lipinski definition) is 2. The number of nitrogens with one attached hydrogen (secondary N) is 1. The largest absolute Gasteiger partial charge is 0.334 e. The molecule has 2 unspecified atom stereocenters. The Kier molecular flexibility index (Phi) is 4.13. The standard InChI is InChI=1S/C15H17ClF2N2O/c16-10-8-11(17)9(7-12(10)18)15(21)20-6-2-4-14(20)13-3-1-5-19-13/h7-8,13-14,19H,1-6H2. The molecular formula is C15H17ClF2N2O. The highest BCUT2D eigenvalue weighted by Crippen LogP contribution is 2.28. The zero-order valence-corrected chi connectivity index (χ0v) is 12.3. The van der Waals surface area contributed by atoms with Crippen LogP contribution in [0.25, 0.3) is 0 Å². The summed E-state index contributed by atoms with van der Waals surface area (Å²) < 4.78 is 27.4. The van der Waals surface area contributed by atoms with Crippen molar-refractivity contribution in [3.8, 4) is 0 Å². The molecular weight excluding hydrogens is 298 g/mol. The van der Waals surface area contributed by atoms with Crippen molar-refractivity contribution >= 4 is 17.5 Å². The number of nitrogens with zero attached hydrogens (tertiary/aromatic N) is 1. The van der Waals surface area contributed by atoms with Gasteiger partial charge >= 0.3 is 0 Å².